The highest BCUT2D eigenvalue weighted by atomic mass is 16.2. The largest absolute Gasteiger partial charge is 0.338 e. The lowest BCUT2D eigenvalue weighted by Gasteiger charge is -2.39. The minimum absolute atomic E-state index is 0.141. The molecule has 0 N–H and O–H groups in total. The third kappa shape index (κ3) is 2.26. The molecule has 1 aliphatic carbocycles. The summed E-state index contributed by atoms with van der Waals surface area (Å²) in [6.07, 6.45) is 7.14. The average molecular weight is 264 g/mol. The standard InChI is InChI=1S/C15H24N2O2/c1-2-14(18)16-8-4-3-5-13(16)15(19)17-10-11-6-7-12(17)9-11/h11-13H,2-10H2,1H3. The predicted octanol–water partition coefficient (Wildman–Crippen LogP) is 1.79. The second-order valence-electron chi connectivity index (χ2n) is 6.28. The van der Waals surface area contributed by atoms with E-state index in [1.807, 2.05) is 11.8 Å². The van der Waals surface area contributed by atoms with E-state index in [-0.39, 0.29) is 17.9 Å². The van der Waals surface area contributed by atoms with Gasteiger partial charge in [0.15, 0.2) is 0 Å². The van der Waals surface area contributed by atoms with Crippen LogP contribution in [0.5, 0.6) is 0 Å². The Morgan fingerprint density at radius 1 is 1.11 bits per heavy atom. The van der Waals surface area contributed by atoms with Gasteiger partial charge in [-0.3, -0.25) is 9.59 Å². The van der Waals surface area contributed by atoms with Crippen molar-refractivity contribution in [1.82, 2.24) is 9.80 Å². The normalized spacial score (nSPS) is 33.8. The first-order valence-corrected chi connectivity index (χ1v) is 7.80. The molecule has 3 atom stereocenters. The number of nitrogens with zero attached hydrogens (tertiary/aromatic N) is 2. The van der Waals surface area contributed by atoms with Crippen LogP contribution in [0.4, 0.5) is 0 Å². The lowest BCUT2D eigenvalue weighted by Crippen LogP contribution is -2.54. The zero-order chi connectivity index (χ0) is 13.4. The molecule has 0 spiro atoms. The molecule has 2 aliphatic heterocycles. The highest BCUT2D eigenvalue weighted by molar-refractivity contribution is 5.88. The zero-order valence-corrected chi connectivity index (χ0v) is 11.8. The maximum absolute atomic E-state index is 12.8. The van der Waals surface area contributed by atoms with Crippen molar-refractivity contribution in [3.05, 3.63) is 0 Å². The summed E-state index contributed by atoms with van der Waals surface area (Å²) < 4.78 is 0. The van der Waals surface area contributed by atoms with E-state index in [2.05, 4.69) is 4.90 Å². The van der Waals surface area contributed by atoms with Crippen LogP contribution in [0.2, 0.25) is 0 Å². The molecule has 4 nitrogen and oxygen atoms in total. The average Bonchev–Trinajstić information content (AvgIpc) is 3.08. The van der Waals surface area contributed by atoms with Gasteiger partial charge < -0.3 is 9.80 Å². The Morgan fingerprint density at radius 2 is 1.95 bits per heavy atom. The number of hydrogen-bond acceptors (Lipinski definition) is 2. The number of carbonyl (C=O) groups excluding carboxylic acids is 2. The van der Waals surface area contributed by atoms with Gasteiger partial charge in [-0.2, -0.15) is 0 Å². The van der Waals surface area contributed by atoms with Gasteiger partial charge >= 0.3 is 0 Å². The molecule has 2 saturated heterocycles. The molecule has 3 fully saturated rings. The first kappa shape index (κ1) is 12.9. The van der Waals surface area contributed by atoms with Gasteiger partial charge in [-0.05, 0) is 44.4 Å². The van der Waals surface area contributed by atoms with Gasteiger partial charge in [-0.15, -0.1) is 0 Å². The lowest BCUT2D eigenvalue weighted by molar-refractivity contribution is -0.148. The Labute approximate surface area is 115 Å². The van der Waals surface area contributed by atoms with E-state index in [0.29, 0.717) is 12.5 Å². The topological polar surface area (TPSA) is 40.6 Å². The summed E-state index contributed by atoms with van der Waals surface area (Å²) in [6.45, 7) is 3.59. The summed E-state index contributed by atoms with van der Waals surface area (Å²) in [5.41, 5.74) is 0. The van der Waals surface area contributed by atoms with E-state index in [0.717, 1.165) is 38.3 Å². The third-order valence-corrected chi connectivity index (χ3v) is 5.10. The molecule has 3 aliphatic rings. The summed E-state index contributed by atoms with van der Waals surface area (Å²) in [4.78, 5) is 28.7. The molecule has 2 bridgehead atoms. The molecule has 0 radical (unpaired) electrons. The van der Waals surface area contributed by atoms with Gasteiger partial charge in [0.2, 0.25) is 11.8 Å². The van der Waals surface area contributed by atoms with Crippen molar-refractivity contribution in [3.8, 4) is 0 Å². The molecular weight excluding hydrogens is 240 g/mol. The minimum atomic E-state index is -0.166. The van der Waals surface area contributed by atoms with E-state index >= 15 is 0 Å². The second kappa shape index (κ2) is 5.14. The molecule has 3 unspecified atom stereocenters. The summed E-state index contributed by atoms with van der Waals surface area (Å²) in [5.74, 6) is 1.10. The van der Waals surface area contributed by atoms with Crippen molar-refractivity contribution >= 4 is 11.8 Å². The fraction of sp³-hybridized carbons (Fsp3) is 0.867. The Balaban J connectivity index is 1.72. The second-order valence-corrected chi connectivity index (χ2v) is 6.28. The van der Waals surface area contributed by atoms with Gasteiger partial charge in [0.25, 0.3) is 0 Å². The minimum Gasteiger partial charge on any atom is -0.338 e. The maximum atomic E-state index is 12.8. The zero-order valence-electron chi connectivity index (χ0n) is 11.8. The van der Waals surface area contributed by atoms with E-state index < -0.39 is 0 Å². The van der Waals surface area contributed by atoms with E-state index in [4.69, 9.17) is 0 Å². The Kier molecular flexibility index (Phi) is 3.50. The van der Waals surface area contributed by atoms with E-state index in [9.17, 15) is 9.59 Å². The first-order chi connectivity index (χ1) is 9.20. The number of carbonyl (C=O) groups is 2. The fourth-order valence-electron chi connectivity index (χ4n) is 4.08. The molecular formula is C15H24N2O2. The Bertz CT molecular complexity index is 382. The maximum Gasteiger partial charge on any atom is 0.245 e. The van der Waals surface area contributed by atoms with E-state index in [1.54, 1.807) is 0 Å². The molecule has 3 rings (SSSR count). The molecule has 0 aromatic heterocycles. The number of piperidine rings is 2. The molecule has 0 aromatic rings. The van der Waals surface area contributed by atoms with Crippen LogP contribution in [0.3, 0.4) is 0 Å². The van der Waals surface area contributed by atoms with Crippen molar-refractivity contribution in [2.75, 3.05) is 13.1 Å². The lowest BCUT2D eigenvalue weighted by atomic mass is 9.99. The Hall–Kier alpha value is -1.06. The van der Waals surface area contributed by atoms with Crippen LogP contribution in [0.15, 0.2) is 0 Å². The highest BCUT2D eigenvalue weighted by Crippen LogP contribution is 2.38. The van der Waals surface area contributed by atoms with Crippen LogP contribution in [-0.2, 0) is 9.59 Å². The summed E-state index contributed by atoms with van der Waals surface area (Å²) in [7, 11) is 0. The summed E-state index contributed by atoms with van der Waals surface area (Å²) in [6, 6.07) is 0.304. The summed E-state index contributed by atoms with van der Waals surface area (Å²) in [5, 5.41) is 0. The molecule has 0 aromatic carbocycles. The molecule has 4 heteroatoms. The van der Waals surface area contributed by atoms with Crippen LogP contribution >= 0.6 is 0 Å². The number of likely N-dealkylation sites (tertiary alicyclic amines) is 2. The molecule has 2 heterocycles. The molecule has 2 amide bonds. The van der Waals surface area contributed by atoms with Crippen molar-refractivity contribution in [2.45, 2.75) is 64.0 Å². The van der Waals surface area contributed by atoms with Gasteiger partial charge in [0.1, 0.15) is 6.04 Å². The highest BCUT2D eigenvalue weighted by Gasteiger charge is 2.44. The summed E-state index contributed by atoms with van der Waals surface area (Å²) >= 11 is 0. The van der Waals surface area contributed by atoms with Gasteiger partial charge in [-0.25, -0.2) is 0 Å². The number of amides is 2. The van der Waals surface area contributed by atoms with Crippen molar-refractivity contribution in [1.29, 1.82) is 0 Å². The van der Waals surface area contributed by atoms with Gasteiger partial charge in [-0.1, -0.05) is 6.92 Å². The first-order valence-electron chi connectivity index (χ1n) is 7.80. The third-order valence-electron chi connectivity index (χ3n) is 5.10. The smallest absolute Gasteiger partial charge is 0.245 e. The van der Waals surface area contributed by atoms with Gasteiger partial charge in [0.05, 0.1) is 0 Å². The van der Waals surface area contributed by atoms with Crippen molar-refractivity contribution in [2.24, 2.45) is 5.92 Å². The fourth-order valence-corrected chi connectivity index (χ4v) is 4.08. The van der Waals surface area contributed by atoms with Gasteiger partial charge in [0, 0.05) is 25.6 Å². The number of hydrogen-bond donors (Lipinski definition) is 0. The van der Waals surface area contributed by atoms with Crippen molar-refractivity contribution in [3.63, 3.8) is 0 Å². The molecule has 19 heavy (non-hydrogen) atoms. The van der Waals surface area contributed by atoms with Crippen molar-refractivity contribution < 1.29 is 9.59 Å². The molecule has 1 saturated carbocycles. The Morgan fingerprint density at radius 3 is 2.58 bits per heavy atom. The van der Waals surface area contributed by atoms with Crippen LogP contribution in [0.1, 0.15) is 51.9 Å². The predicted molar refractivity (Wildman–Crippen MR) is 72.5 cm³/mol. The molecule has 106 valence electrons. The monoisotopic (exact) mass is 264 g/mol. The van der Waals surface area contributed by atoms with E-state index in [1.165, 1.54) is 19.3 Å². The van der Waals surface area contributed by atoms with Crippen LogP contribution < -0.4 is 0 Å². The number of fused-ring (bicyclic) bond motifs is 2. The van der Waals surface area contributed by atoms with Crippen LogP contribution in [-0.4, -0.2) is 46.8 Å². The van der Waals surface area contributed by atoms with Crippen LogP contribution in [0, 0.1) is 5.92 Å². The van der Waals surface area contributed by atoms with Crippen LogP contribution in [0.25, 0.3) is 0 Å². The quantitative estimate of drug-likeness (QED) is 0.763. The number of rotatable bonds is 2. The SMILES string of the molecule is CCC(=O)N1CCCCC1C(=O)N1CC2CCC1C2.